The summed E-state index contributed by atoms with van der Waals surface area (Å²) < 4.78 is 31.6. The van der Waals surface area contributed by atoms with E-state index >= 15 is 0 Å². The van der Waals surface area contributed by atoms with E-state index in [1.807, 2.05) is 0 Å². The van der Waals surface area contributed by atoms with Crippen LogP contribution in [-0.2, 0) is 10.0 Å². The van der Waals surface area contributed by atoms with Gasteiger partial charge in [-0.2, -0.15) is 0 Å². The summed E-state index contributed by atoms with van der Waals surface area (Å²) in [6, 6.07) is 8.83. The predicted octanol–water partition coefficient (Wildman–Crippen LogP) is 2.40. The molecule has 1 fully saturated rings. The summed E-state index contributed by atoms with van der Waals surface area (Å²) in [4.78, 5) is 24.6. The summed E-state index contributed by atoms with van der Waals surface area (Å²) in [6.07, 6.45) is 1.93. The van der Waals surface area contributed by atoms with E-state index in [0.717, 1.165) is 12.8 Å². The summed E-state index contributed by atoms with van der Waals surface area (Å²) in [7, 11) is -1.21. The van der Waals surface area contributed by atoms with Gasteiger partial charge in [0.2, 0.25) is 10.0 Å². The highest BCUT2D eigenvalue weighted by molar-refractivity contribution is 7.89. The number of anilines is 1. The molecule has 3 rings (SSSR count). The Morgan fingerprint density at radius 1 is 1.10 bits per heavy atom. The summed E-state index contributed by atoms with van der Waals surface area (Å²) >= 11 is 6.18. The molecule has 1 aliphatic rings. The minimum Gasteiger partial charge on any atom is -0.495 e. The van der Waals surface area contributed by atoms with Gasteiger partial charge in [-0.15, -0.1) is 0 Å². The molecule has 1 saturated carbocycles. The van der Waals surface area contributed by atoms with Crippen LogP contribution < -0.4 is 20.1 Å². The number of benzene rings is 2. The maximum Gasteiger partial charge on any atom is 0.255 e. The Kier molecular flexibility index (Phi) is 6.11. The van der Waals surface area contributed by atoms with E-state index in [0.29, 0.717) is 11.3 Å². The third kappa shape index (κ3) is 4.87. The van der Waals surface area contributed by atoms with Crippen molar-refractivity contribution in [2.75, 3.05) is 19.5 Å². The lowest BCUT2D eigenvalue weighted by Gasteiger charge is -2.12. The van der Waals surface area contributed by atoms with Crippen LogP contribution in [0.5, 0.6) is 5.75 Å². The molecule has 0 radical (unpaired) electrons. The number of amides is 2. The predicted molar refractivity (Wildman–Crippen MR) is 109 cm³/mol. The molecule has 0 bridgehead atoms. The van der Waals surface area contributed by atoms with Gasteiger partial charge in [0.05, 0.1) is 17.7 Å². The van der Waals surface area contributed by atoms with Crippen LogP contribution in [0, 0.1) is 0 Å². The van der Waals surface area contributed by atoms with E-state index in [1.165, 1.54) is 44.5 Å². The molecule has 0 saturated heterocycles. The molecular formula is C19H20ClN3O5S. The summed E-state index contributed by atoms with van der Waals surface area (Å²) in [5, 5.41) is 5.69. The van der Waals surface area contributed by atoms with Crippen LogP contribution >= 0.6 is 11.6 Å². The molecule has 10 heteroatoms. The Labute approximate surface area is 173 Å². The van der Waals surface area contributed by atoms with Crippen LogP contribution in [0.15, 0.2) is 41.3 Å². The molecule has 0 atom stereocenters. The van der Waals surface area contributed by atoms with Crippen molar-refractivity contribution >= 4 is 39.1 Å². The van der Waals surface area contributed by atoms with Gasteiger partial charge in [-0.1, -0.05) is 11.6 Å². The minimum absolute atomic E-state index is 0.116. The van der Waals surface area contributed by atoms with E-state index in [9.17, 15) is 18.0 Å². The van der Waals surface area contributed by atoms with Crippen molar-refractivity contribution in [2.24, 2.45) is 0 Å². The lowest BCUT2D eigenvalue weighted by atomic mass is 10.1. The maximum atomic E-state index is 12.6. The van der Waals surface area contributed by atoms with Crippen LogP contribution in [0.2, 0.25) is 5.02 Å². The van der Waals surface area contributed by atoms with Crippen molar-refractivity contribution in [1.82, 2.24) is 10.0 Å². The van der Waals surface area contributed by atoms with Gasteiger partial charge in [-0.25, -0.2) is 13.1 Å². The van der Waals surface area contributed by atoms with E-state index in [1.54, 1.807) is 6.07 Å². The molecule has 3 N–H and O–H groups in total. The van der Waals surface area contributed by atoms with Crippen LogP contribution in [0.1, 0.15) is 33.6 Å². The van der Waals surface area contributed by atoms with Crippen LogP contribution in [0.3, 0.4) is 0 Å². The first kappa shape index (κ1) is 21.1. The van der Waals surface area contributed by atoms with Crippen LogP contribution in [0.4, 0.5) is 5.69 Å². The van der Waals surface area contributed by atoms with Crippen molar-refractivity contribution in [1.29, 1.82) is 0 Å². The average molecular weight is 438 g/mol. The first-order chi connectivity index (χ1) is 13.7. The zero-order chi connectivity index (χ0) is 21.2. The highest BCUT2D eigenvalue weighted by Gasteiger charge is 2.25. The molecule has 1 aliphatic carbocycles. The zero-order valence-electron chi connectivity index (χ0n) is 15.8. The Morgan fingerprint density at radius 3 is 2.41 bits per heavy atom. The molecule has 0 spiro atoms. The third-order valence-electron chi connectivity index (χ3n) is 4.37. The van der Waals surface area contributed by atoms with Gasteiger partial charge in [-0.3, -0.25) is 9.59 Å². The van der Waals surface area contributed by atoms with Crippen LogP contribution in [0.25, 0.3) is 0 Å². The van der Waals surface area contributed by atoms with Gasteiger partial charge >= 0.3 is 0 Å². The quantitative estimate of drug-likeness (QED) is 0.615. The molecule has 154 valence electrons. The van der Waals surface area contributed by atoms with Crippen molar-refractivity contribution < 1.29 is 22.7 Å². The second kappa shape index (κ2) is 8.40. The maximum absolute atomic E-state index is 12.6. The number of ether oxygens (including phenoxy) is 1. The molecule has 8 nitrogen and oxygen atoms in total. The number of rotatable bonds is 7. The first-order valence-electron chi connectivity index (χ1n) is 8.78. The van der Waals surface area contributed by atoms with Crippen molar-refractivity contribution in [2.45, 2.75) is 23.8 Å². The second-order valence-corrected chi connectivity index (χ2v) is 8.73. The number of carbonyl (C=O) groups excluding carboxylic acids is 2. The number of carbonyl (C=O) groups is 2. The third-order valence-corrected chi connectivity index (χ3v) is 6.12. The lowest BCUT2D eigenvalue weighted by molar-refractivity contribution is 0.0950. The molecule has 2 amide bonds. The van der Waals surface area contributed by atoms with E-state index < -0.39 is 15.9 Å². The average Bonchev–Trinajstić information content (AvgIpc) is 3.51. The minimum atomic E-state index is -3.82. The Bertz CT molecular complexity index is 1070. The van der Waals surface area contributed by atoms with Gasteiger partial charge in [0.1, 0.15) is 10.6 Å². The fourth-order valence-corrected chi connectivity index (χ4v) is 3.79. The zero-order valence-corrected chi connectivity index (χ0v) is 17.4. The topological polar surface area (TPSA) is 114 Å². The van der Waals surface area contributed by atoms with Gasteiger partial charge in [0.25, 0.3) is 11.8 Å². The van der Waals surface area contributed by atoms with Gasteiger partial charge in [-0.05, 0) is 56.3 Å². The normalized spacial score (nSPS) is 13.6. The first-order valence-corrected chi connectivity index (χ1v) is 10.6. The fourth-order valence-electron chi connectivity index (χ4n) is 2.61. The standard InChI is InChI=1S/C19H20ClN3O5S/c1-21-29(26,27)17-9-11(3-8-16(17)28-2)18(24)23-13-6-7-14(15(20)10-13)19(25)22-12-4-5-12/h3,6-10,12,21H,4-5H2,1-2H3,(H,22,25)(H,23,24). The number of nitrogens with one attached hydrogen (secondary N) is 3. The molecule has 29 heavy (non-hydrogen) atoms. The summed E-state index contributed by atoms with van der Waals surface area (Å²) in [5.41, 5.74) is 0.812. The number of sulfonamides is 1. The summed E-state index contributed by atoms with van der Waals surface area (Å²) in [5.74, 6) is -0.677. The smallest absolute Gasteiger partial charge is 0.255 e. The second-order valence-electron chi connectivity index (χ2n) is 6.47. The monoisotopic (exact) mass is 437 g/mol. The largest absolute Gasteiger partial charge is 0.495 e. The van der Waals surface area contributed by atoms with Gasteiger partial charge in [0.15, 0.2) is 0 Å². The van der Waals surface area contributed by atoms with E-state index in [-0.39, 0.29) is 33.2 Å². The van der Waals surface area contributed by atoms with Crippen LogP contribution in [-0.4, -0.2) is 40.4 Å². The van der Waals surface area contributed by atoms with Crippen molar-refractivity contribution in [3.63, 3.8) is 0 Å². The molecule has 2 aromatic rings. The lowest BCUT2D eigenvalue weighted by Crippen LogP contribution is -2.25. The number of hydrogen-bond acceptors (Lipinski definition) is 5. The van der Waals surface area contributed by atoms with Gasteiger partial charge < -0.3 is 15.4 Å². The highest BCUT2D eigenvalue weighted by atomic mass is 35.5. The van der Waals surface area contributed by atoms with Crippen molar-refractivity contribution in [3.8, 4) is 5.75 Å². The molecule has 0 unspecified atom stereocenters. The summed E-state index contributed by atoms with van der Waals surface area (Å²) in [6.45, 7) is 0. The van der Waals surface area contributed by atoms with E-state index in [4.69, 9.17) is 16.3 Å². The van der Waals surface area contributed by atoms with Crippen molar-refractivity contribution in [3.05, 3.63) is 52.5 Å². The Balaban J connectivity index is 1.80. The Morgan fingerprint density at radius 2 is 1.83 bits per heavy atom. The molecule has 0 heterocycles. The fraction of sp³-hybridized carbons (Fsp3) is 0.263. The molecular weight excluding hydrogens is 418 g/mol. The highest BCUT2D eigenvalue weighted by Crippen LogP contribution is 2.27. The molecule has 2 aromatic carbocycles. The van der Waals surface area contributed by atoms with E-state index in [2.05, 4.69) is 15.4 Å². The number of halogens is 1. The molecule has 0 aliphatic heterocycles. The number of methoxy groups -OCH3 is 1. The number of hydrogen-bond donors (Lipinski definition) is 3. The van der Waals surface area contributed by atoms with Gasteiger partial charge in [0, 0.05) is 17.3 Å². The molecule has 0 aromatic heterocycles. The SMILES string of the molecule is CNS(=O)(=O)c1cc(C(=O)Nc2ccc(C(=O)NC3CC3)c(Cl)c2)ccc1OC. The Hall–Kier alpha value is -2.62.